The standard InChI is InChI=1S/C24H30N2O2/c27-23(26-18-8-1-2-9-19-26)16-17-25-24(28)22-13-7-6-12-21(22)15-14-20-10-4-3-5-11-20/h3-7,10-13H,1-2,8-9,14-19H2,(H,25,28). The van der Waals surface area contributed by atoms with Crippen molar-refractivity contribution in [1.82, 2.24) is 10.2 Å². The molecule has 1 heterocycles. The first-order chi connectivity index (χ1) is 13.7. The van der Waals surface area contributed by atoms with Gasteiger partial charge in [-0.15, -0.1) is 0 Å². The van der Waals surface area contributed by atoms with Crippen molar-refractivity contribution in [1.29, 1.82) is 0 Å². The van der Waals surface area contributed by atoms with Crippen molar-refractivity contribution in [3.63, 3.8) is 0 Å². The molecule has 2 amide bonds. The van der Waals surface area contributed by atoms with E-state index >= 15 is 0 Å². The second kappa shape index (κ2) is 10.6. The highest BCUT2D eigenvalue weighted by molar-refractivity contribution is 5.95. The van der Waals surface area contributed by atoms with Crippen molar-refractivity contribution in [2.75, 3.05) is 19.6 Å². The van der Waals surface area contributed by atoms with E-state index in [1.54, 1.807) is 0 Å². The molecule has 3 rings (SSSR count). The minimum Gasteiger partial charge on any atom is -0.352 e. The fraction of sp³-hybridized carbons (Fsp3) is 0.417. The molecule has 28 heavy (non-hydrogen) atoms. The Labute approximate surface area is 167 Å². The summed E-state index contributed by atoms with van der Waals surface area (Å²) in [5, 5.41) is 2.94. The van der Waals surface area contributed by atoms with Gasteiger partial charge in [0, 0.05) is 31.6 Å². The fourth-order valence-corrected chi connectivity index (χ4v) is 3.74. The van der Waals surface area contributed by atoms with Crippen LogP contribution in [0.15, 0.2) is 54.6 Å². The largest absolute Gasteiger partial charge is 0.352 e. The number of nitrogens with one attached hydrogen (secondary N) is 1. The predicted octanol–water partition coefficient (Wildman–Crippen LogP) is 3.99. The van der Waals surface area contributed by atoms with E-state index in [0.29, 0.717) is 18.5 Å². The van der Waals surface area contributed by atoms with Gasteiger partial charge in [0.1, 0.15) is 0 Å². The summed E-state index contributed by atoms with van der Waals surface area (Å²) in [6.45, 7) is 2.10. The number of benzene rings is 2. The summed E-state index contributed by atoms with van der Waals surface area (Å²) in [6.07, 6.45) is 6.69. The summed E-state index contributed by atoms with van der Waals surface area (Å²) in [6, 6.07) is 18.0. The molecule has 0 bridgehead atoms. The number of carbonyl (C=O) groups excluding carboxylic acids is 2. The Kier molecular flexibility index (Phi) is 7.65. The van der Waals surface area contributed by atoms with Gasteiger partial charge in [-0.3, -0.25) is 9.59 Å². The molecule has 0 unspecified atom stereocenters. The maximum atomic E-state index is 12.7. The van der Waals surface area contributed by atoms with Gasteiger partial charge in [-0.25, -0.2) is 0 Å². The molecule has 1 N–H and O–H groups in total. The Hall–Kier alpha value is -2.62. The molecule has 4 nitrogen and oxygen atoms in total. The van der Waals surface area contributed by atoms with Gasteiger partial charge in [-0.05, 0) is 42.9 Å². The van der Waals surface area contributed by atoms with Gasteiger partial charge in [-0.2, -0.15) is 0 Å². The summed E-state index contributed by atoms with van der Waals surface area (Å²) in [5.74, 6) is 0.0619. The minimum absolute atomic E-state index is 0.0904. The Bertz CT molecular complexity index is 765. The number of amides is 2. The van der Waals surface area contributed by atoms with Gasteiger partial charge in [0.2, 0.25) is 5.91 Å². The maximum Gasteiger partial charge on any atom is 0.251 e. The van der Waals surface area contributed by atoms with Crippen LogP contribution in [0.2, 0.25) is 0 Å². The number of hydrogen-bond acceptors (Lipinski definition) is 2. The minimum atomic E-state index is -0.0904. The van der Waals surface area contributed by atoms with Gasteiger partial charge < -0.3 is 10.2 Å². The average molecular weight is 379 g/mol. The second-order valence-corrected chi connectivity index (χ2v) is 7.44. The molecule has 0 radical (unpaired) electrons. The van der Waals surface area contributed by atoms with E-state index < -0.39 is 0 Å². The summed E-state index contributed by atoms with van der Waals surface area (Å²) in [5.41, 5.74) is 3.02. The first kappa shape index (κ1) is 20.1. The van der Waals surface area contributed by atoms with Crippen LogP contribution in [-0.2, 0) is 17.6 Å². The van der Waals surface area contributed by atoms with E-state index in [1.165, 1.54) is 18.4 Å². The SMILES string of the molecule is O=C(NCCC(=O)N1CCCCCC1)c1ccccc1CCc1ccccc1. The fourth-order valence-electron chi connectivity index (χ4n) is 3.74. The van der Waals surface area contributed by atoms with Crippen LogP contribution in [-0.4, -0.2) is 36.3 Å². The van der Waals surface area contributed by atoms with Crippen molar-refractivity contribution in [2.24, 2.45) is 0 Å². The van der Waals surface area contributed by atoms with Crippen LogP contribution in [0.5, 0.6) is 0 Å². The molecule has 0 aromatic heterocycles. The highest BCUT2D eigenvalue weighted by Crippen LogP contribution is 2.13. The Morgan fingerprint density at radius 2 is 1.50 bits per heavy atom. The molecular weight excluding hydrogens is 348 g/mol. The Balaban J connectivity index is 1.50. The van der Waals surface area contributed by atoms with Crippen molar-refractivity contribution in [2.45, 2.75) is 44.9 Å². The van der Waals surface area contributed by atoms with Gasteiger partial charge in [0.15, 0.2) is 0 Å². The molecule has 1 fully saturated rings. The van der Waals surface area contributed by atoms with Crippen molar-refractivity contribution in [3.8, 4) is 0 Å². The molecule has 1 saturated heterocycles. The topological polar surface area (TPSA) is 49.4 Å². The number of aryl methyl sites for hydroxylation is 2. The Morgan fingerprint density at radius 1 is 0.821 bits per heavy atom. The van der Waals surface area contributed by atoms with Crippen LogP contribution in [0.25, 0.3) is 0 Å². The first-order valence-corrected chi connectivity index (χ1v) is 10.4. The van der Waals surface area contributed by atoms with E-state index in [-0.39, 0.29) is 11.8 Å². The van der Waals surface area contributed by atoms with Crippen LogP contribution >= 0.6 is 0 Å². The van der Waals surface area contributed by atoms with Crippen LogP contribution < -0.4 is 5.32 Å². The highest BCUT2D eigenvalue weighted by atomic mass is 16.2. The van der Waals surface area contributed by atoms with Gasteiger partial charge in [-0.1, -0.05) is 61.4 Å². The third-order valence-electron chi connectivity index (χ3n) is 5.37. The lowest BCUT2D eigenvalue weighted by molar-refractivity contribution is -0.131. The average Bonchev–Trinajstić information content (AvgIpc) is 3.03. The van der Waals surface area contributed by atoms with Crippen LogP contribution in [0.1, 0.15) is 53.6 Å². The van der Waals surface area contributed by atoms with Crippen molar-refractivity contribution < 1.29 is 9.59 Å². The second-order valence-electron chi connectivity index (χ2n) is 7.44. The molecule has 0 atom stereocenters. The molecule has 0 aliphatic carbocycles. The van der Waals surface area contributed by atoms with Crippen LogP contribution in [0, 0.1) is 0 Å². The van der Waals surface area contributed by atoms with Crippen molar-refractivity contribution >= 4 is 11.8 Å². The summed E-state index contributed by atoms with van der Waals surface area (Å²) in [7, 11) is 0. The molecule has 1 aliphatic rings. The predicted molar refractivity (Wildman–Crippen MR) is 112 cm³/mol. The third-order valence-corrected chi connectivity index (χ3v) is 5.37. The van der Waals surface area contributed by atoms with Gasteiger partial charge >= 0.3 is 0 Å². The first-order valence-electron chi connectivity index (χ1n) is 10.4. The van der Waals surface area contributed by atoms with Crippen LogP contribution in [0.3, 0.4) is 0 Å². The lowest BCUT2D eigenvalue weighted by atomic mass is 9.99. The zero-order valence-electron chi connectivity index (χ0n) is 16.5. The van der Waals surface area contributed by atoms with E-state index in [4.69, 9.17) is 0 Å². The van der Waals surface area contributed by atoms with Crippen molar-refractivity contribution in [3.05, 3.63) is 71.3 Å². The molecule has 0 spiro atoms. The smallest absolute Gasteiger partial charge is 0.251 e. The quantitative estimate of drug-likeness (QED) is 0.792. The number of likely N-dealkylation sites (tertiary alicyclic amines) is 1. The van der Waals surface area contributed by atoms with Gasteiger partial charge in [0.05, 0.1) is 0 Å². The van der Waals surface area contributed by atoms with E-state index in [9.17, 15) is 9.59 Å². The summed E-state index contributed by atoms with van der Waals surface area (Å²) >= 11 is 0. The zero-order chi connectivity index (χ0) is 19.6. The highest BCUT2D eigenvalue weighted by Gasteiger charge is 2.16. The molecule has 2 aromatic rings. The van der Waals surface area contributed by atoms with E-state index in [1.807, 2.05) is 47.4 Å². The number of nitrogens with zero attached hydrogens (tertiary/aromatic N) is 1. The molecule has 2 aromatic carbocycles. The molecule has 0 saturated carbocycles. The van der Waals surface area contributed by atoms with E-state index in [2.05, 4.69) is 17.4 Å². The number of carbonyl (C=O) groups is 2. The Morgan fingerprint density at radius 3 is 2.25 bits per heavy atom. The third kappa shape index (κ3) is 5.95. The molecular formula is C24H30N2O2. The monoisotopic (exact) mass is 378 g/mol. The molecule has 148 valence electrons. The normalized spacial score (nSPS) is 14.4. The summed E-state index contributed by atoms with van der Waals surface area (Å²) in [4.78, 5) is 27.0. The molecule has 4 heteroatoms. The van der Waals surface area contributed by atoms with E-state index in [0.717, 1.165) is 44.3 Å². The lowest BCUT2D eigenvalue weighted by Gasteiger charge is -2.20. The number of rotatable bonds is 7. The summed E-state index contributed by atoms with van der Waals surface area (Å²) < 4.78 is 0. The van der Waals surface area contributed by atoms with Crippen LogP contribution in [0.4, 0.5) is 0 Å². The lowest BCUT2D eigenvalue weighted by Crippen LogP contribution is -2.35. The van der Waals surface area contributed by atoms with Gasteiger partial charge in [0.25, 0.3) is 5.91 Å². The maximum absolute atomic E-state index is 12.7. The zero-order valence-corrected chi connectivity index (χ0v) is 16.5. The number of hydrogen-bond donors (Lipinski definition) is 1. The molecule has 1 aliphatic heterocycles.